The number of rotatable bonds is 0. The molecule has 0 unspecified atom stereocenters. The molecule has 0 aromatic carbocycles. The molecule has 4 heavy (non-hydrogen) atoms. The summed E-state index contributed by atoms with van der Waals surface area (Å²) in [5.41, 5.74) is 0. The predicted octanol–water partition coefficient (Wildman–Crippen LogP) is 0.263. The van der Waals surface area contributed by atoms with Gasteiger partial charge >= 0.3 is 60.8 Å². The molecule has 0 heterocycles. The van der Waals surface area contributed by atoms with Gasteiger partial charge in [0.1, 0.15) is 0 Å². The summed E-state index contributed by atoms with van der Waals surface area (Å²) in [5.74, 6) is 0. The molecule has 0 aliphatic heterocycles. The van der Waals surface area contributed by atoms with E-state index in [2.05, 4.69) is 0 Å². The van der Waals surface area contributed by atoms with Gasteiger partial charge in [0.25, 0.3) is 0 Å². The molecule has 0 bridgehead atoms. The second kappa shape index (κ2) is 18.7. The van der Waals surface area contributed by atoms with Crippen LogP contribution in [0.15, 0.2) is 0 Å². The third-order valence-corrected chi connectivity index (χ3v) is 0. The van der Waals surface area contributed by atoms with Crippen LogP contribution in [0.3, 0.4) is 0 Å². The Morgan fingerprint density at radius 1 is 1.25 bits per heavy atom. The zero-order valence-corrected chi connectivity index (χ0v) is 6.67. The van der Waals surface area contributed by atoms with Crippen LogP contribution in [-0.4, -0.2) is 60.8 Å². The third-order valence-electron chi connectivity index (χ3n) is 0. The molecule has 0 aliphatic rings. The van der Waals surface area contributed by atoms with Crippen LogP contribution in [0, 0.1) is 0 Å². The summed E-state index contributed by atoms with van der Waals surface area (Å²) in [6.07, 6.45) is 0. The van der Waals surface area contributed by atoms with Crippen molar-refractivity contribution in [2.24, 2.45) is 0 Å². The van der Waals surface area contributed by atoms with E-state index in [1.165, 1.54) is 0 Å². The van der Waals surface area contributed by atoms with E-state index < -0.39 is 0 Å². The zero-order valence-electron chi connectivity index (χ0n) is 6.23. The van der Waals surface area contributed by atoms with Gasteiger partial charge in [0.15, 0.2) is 0 Å². The molecular formula is H6CaClFMg. The van der Waals surface area contributed by atoms with Gasteiger partial charge in [-0.1, -0.05) is 0 Å². The van der Waals surface area contributed by atoms with Crippen LogP contribution in [-0.2, 0) is 0 Å². The van der Waals surface area contributed by atoms with Gasteiger partial charge in [-0.05, 0) is 0 Å². The van der Waals surface area contributed by atoms with Crippen molar-refractivity contribution in [3.63, 3.8) is 0 Å². The van der Waals surface area contributed by atoms with Gasteiger partial charge < -0.3 is 5.71 Å². The summed E-state index contributed by atoms with van der Waals surface area (Å²) in [5, 5.41) is 0. The van der Waals surface area contributed by atoms with Gasteiger partial charge in [-0.15, -0.1) is 12.4 Å². The van der Waals surface area contributed by atoms with Gasteiger partial charge in [0.2, 0.25) is 0 Å². The van der Waals surface area contributed by atoms with Crippen LogP contribution >= 0.6 is 12.4 Å². The molecular weight excluding hydrogens is 119 g/mol. The van der Waals surface area contributed by atoms with Gasteiger partial charge in [0.05, 0.1) is 0 Å². The molecule has 24 valence electrons. The SMILES string of the molecule is Cl.F.[Ca+2].[H-].[H-].[H-].[H-].[Mg+2]. The summed E-state index contributed by atoms with van der Waals surface area (Å²) >= 11 is 0. The Hall–Kier alpha value is 2.25. The Morgan fingerprint density at radius 2 is 1.25 bits per heavy atom. The Kier molecular flexibility index (Phi) is 160. The third kappa shape index (κ3) is 8.87. The van der Waals surface area contributed by atoms with E-state index in [-0.39, 0.29) is 83.6 Å². The van der Waals surface area contributed by atoms with Crippen LogP contribution < -0.4 is 0 Å². The van der Waals surface area contributed by atoms with Crippen molar-refractivity contribution in [3.05, 3.63) is 0 Å². The van der Waals surface area contributed by atoms with Crippen LogP contribution in [0.4, 0.5) is 4.70 Å². The fourth-order valence-corrected chi connectivity index (χ4v) is 0. The minimum atomic E-state index is 0. The average molecular weight is 125 g/mol. The minimum absolute atomic E-state index is 0. The summed E-state index contributed by atoms with van der Waals surface area (Å²) in [4.78, 5) is 0. The van der Waals surface area contributed by atoms with E-state index in [0.717, 1.165) is 0 Å². The van der Waals surface area contributed by atoms with Crippen molar-refractivity contribution in [2.45, 2.75) is 0 Å². The predicted molar refractivity (Wildman–Crippen MR) is 25.7 cm³/mol. The van der Waals surface area contributed by atoms with E-state index in [1.54, 1.807) is 0 Å². The second-order valence-electron chi connectivity index (χ2n) is 0. The number of hydrogen-bond acceptors (Lipinski definition) is 0. The first-order valence-corrected chi connectivity index (χ1v) is 0. The molecule has 0 atom stereocenters. The molecule has 0 amide bonds. The standard InChI is InChI=1S/Ca.ClH.FH.Mg.4H/h;2*1H;;;;;/q+2;;;+2;4*-1. The number of hydrogen-bond donors (Lipinski definition) is 0. The minimum Gasteiger partial charge on any atom is -1.00 e. The number of halogens is 2. The van der Waals surface area contributed by atoms with Crippen molar-refractivity contribution in [1.29, 1.82) is 0 Å². The molecule has 0 aromatic rings. The molecule has 0 spiro atoms. The fourth-order valence-electron chi connectivity index (χ4n) is 0. The van der Waals surface area contributed by atoms with E-state index in [0.29, 0.717) is 0 Å². The topological polar surface area (TPSA) is 0 Å². The van der Waals surface area contributed by atoms with Crippen molar-refractivity contribution in [3.8, 4) is 0 Å². The molecule has 0 N–H and O–H groups in total. The summed E-state index contributed by atoms with van der Waals surface area (Å²) in [7, 11) is 0. The maximum Gasteiger partial charge on any atom is 2.00 e. The Balaban J connectivity index is 0. The van der Waals surface area contributed by atoms with E-state index in [4.69, 9.17) is 0 Å². The van der Waals surface area contributed by atoms with E-state index >= 15 is 0 Å². The average Bonchev–Trinajstić information content (AvgIpc) is 0. The molecule has 0 nitrogen and oxygen atoms in total. The Labute approximate surface area is 82.6 Å². The summed E-state index contributed by atoms with van der Waals surface area (Å²) in [6, 6.07) is 0. The maximum atomic E-state index is 0. The van der Waals surface area contributed by atoms with Gasteiger partial charge in [0, 0.05) is 0 Å². The molecule has 0 aromatic heterocycles. The largest absolute Gasteiger partial charge is 2.00 e. The molecule has 0 radical (unpaired) electrons. The van der Waals surface area contributed by atoms with Crippen molar-refractivity contribution in [2.75, 3.05) is 0 Å². The van der Waals surface area contributed by atoms with Gasteiger partial charge in [-0.3, -0.25) is 4.70 Å². The first kappa shape index (κ1) is 34.1. The molecule has 0 saturated heterocycles. The van der Waals surface area contributed by atoms with Crippen LogP contribution in [0.5, 0.6) is 0 Å². The van der Waals surface area contributed by atoms with Crippen LogP contribution in [0.1, 0.15) is 5.71 Å². The Bertz CT molecular complexity index is 16.0. The smallest absolute Gasteiger partial charge is 1.00 e. The quantitative estimate of drug-likeness (QED) is 0.407. The molecule has 4 heteroatoms. The first-order valence-electron chi connectivity index (χ1n) is 0. The second-order valence-corrected chi connectivity index (χ2v) is 0. The van der Waals surface area contributed by atoms with Crippen molar-refractivity contribution in [1.82, 2.24) is 0 Å². The van der Waals surface area contributed by atoms with Crippen LogP contribution in [0.2, 0.25) is 0 Å². The summed E-state index contributed by atoms with van der Waals surface area (Å²) < 4.78 is 0. The van der Waals surface area contributed by atoms with Gasteiger partial charge in [-0.2, -0.15) is 0 Å². The van der Waals surface area contributed by atoms with Crippen LogP contribution in [0.25, 0.3) is 0 Å². The Morgan fingerprint density at radius 3 is 1.25 bits per heavy atom. The molecule has 0 rings (SSSR count). The van der Waals surface area contributed by atoms with Crippen molar-refractivity contribution >= 4 is 73.2 Å². The molecule has 0 fully saturated rings. The first-order chi connectivity index (χ1) is 0. The normalized spacial score (nSPS) is 0. The monoisotopic (exact) mass is 124 g/mol. The summed E-state index contributed by atoms with van der Waals surface area (Å²) in [6.45, 7) is 0. The van der Waals surface area contributed by atoms with Gasteiger partial charge in [-0.25, -0.2) is 0 Å². The zero-order chi connectivity index (χ0) is 0. The maximum absolute atomic E-state index is 0. The van der Waals surface area contributed by atoms with E-state index in [9.17, 15) is 0 Å². The van der Waals surface area contributed by atoms with E-state index in [1.807, 2.05) is 0 Å². The molecule has 0 aliphatic carbocycles. The fraction of sp³-hybridized carbons (Fsp3) is 0. The van der Waals surface area contributed by atoms with Crippen molar-refractivity contribution < 1.29 is 10.4 Å². The molecule has 0 saturated carbocycles.